The summed E-state index contributed by atoms with van der Waals surface area (Å²) in [7, 11) is 0. The lowest BCUT2D eigenvalue weighted by molar-refractivity contribution is 0.482. The van der Waals surface area contributed by atoms with Gasteiger partial charge in [0.25, 0.3) is 0 Å². The zero-order valence-electron chi connectivity index (χ0n) is 9.11. The highest BCUT2D eigenvalue weighted by Crippen LogP contribution is 2.22. The van der Waals surface area contributed by atoms with E-state index in [0.717, 1.165) is 17.9 Å². The van der Waals surface area contributed by atoms with Gasteiger partial charge in [0.05, 0.1) is 0 Å². The number of aryl methyl sites for hydroxylation is 1. The highest BCUT2D eigenvalue weighted by atomic mass is 127. The Morgan fingerprint density at radius 1 is 0.875 bits per heavy atom. The van der Waals surface area contributed by atoms with E-state index in [9.17, 15) is 0 Å². The molecule has 0 fully saturated rings. The Balaban J connectivity index is 2.11. The summed E-state index contributed by atoms with van der Waals surface area (Å²) in [6.45, 7) is 2.15. The SMILES string of the molecule is CCc1ccc(Oc2ccc(I)cc2)cc1. The van der Waals surface area contributed by atoms with Crippen molar-refractivity contribution in [1.29, 1.82) is 0 Å². The lowest BCUT2D eigenvalue weighted by Crippen LogP contribution is -1.85. The lowest BCUT2D eigenvalue weighted by Gasteiger charge is -2.06. The molecule has 0 unspecified atom stereocenters. The molecule has 0 aliphatic carbocycles. The van der Waals surface area contributed by atoms with Gasteiger partial charge in [-0.15, -0.1) is 0 Å². The maximum Gasteiger partial charge on any atom is 0.127 e. The first-order valence-electron chi connectivity index (χ1n) is 5.30. The summed E-state index contributed by atoms with van der Waals surface area (Å²) in [6.07, 6.45) is 1.06. The van der Waals surface area contributed by atoms with Gasteiger partial charge in [0, 0.05) is 3.57 Å². The fraction of sp³-hybridized carbons (Fsp3) is 0.143. The lowest BCUT2D eigenvalue weighted by atomic mass is 10.2. The van der Waals surface area contributed by atoms with Gasteiger partial charge in [0.1, 0.15) is 11.5 Å². The summed E-state index contributed by atoms with van der Waals surface area (Å²) in [4.78, 5) is 0. The fourth-order valence-corrected chi connectivity index (χ4v) is 1.79. The van der Waals surface area contributed by atoms with Crippen LogP contribution >= 0.6 is 22.6 Å². The Morgan fingerprint density at radius 3 is 1.88 bits per heavy atom. The molecule has 0 radical (unpaired) electrons. The van der Waals surface area contributed by atoms with E-state index in [1.165, 1.54) is 9.13 Å². The van der Waals surface area contributed by atoms with Gasteiger partial charge < -0.3 is 4.74 Å². The number of ether oxygens (including phenoxy) is 1. The number of hydrogen-bond acceptors (Lipinski definition) is 1. The Hall–Kier alpha value is -1.03. The van der Waals surface area contributed by atoms with E-state index in [-0.39, 0.29) is 0 Å². The monoisotopic (exact) mass is 324 g/mol. The van der Waals surface area contributed by atoms with Gasteiger partial charge in [-0.05, 0) is 71.0 Å². The maximum absolute atomic E-state index is 5.73. The number of benzene rings is 2. The van der Waals surface area contributed by atoms with Crippen LogP contribution < -0.4 is 4.74 Å². The van der Waals surface area contributed by atoms with Crippen LogP contribution in [0.4, 0.5) is 0 Å². The molecule has 2 heteroatoms. The average molecular weight is 324 g/mol. The second-order valence-electron chi connectivity index (χ2n) is 3.55. The van der Waals surface area contributed by atoms with Gasteiger partial charge in [-0.2, -0.15) is 0 Å². The van der Waals surface area contributed by atoms with Crippen LogP contribution in [0, 0.1) is 3.57 Å². The van der Waals surface area contributed by atoms with Crippen molar-refractivity contribution in [3.63, 3.8) is 0 Å². The van der Waals surface area contributed by atoms with Crippen molar-refractivity contribution in [3.05, 3.63) is 57.7 Å². The highest BCUT2D eigenvalue weighted by Gasteiger charge is 1.97. The summed E-state index contributed by atoms with van der Waals surface area (Å²) < 4.78 is 6.94. The van der Waals surface area contributed by atoms with Crippen LogP contribution in [0.25, 0.3) is 0 Å². The molecule has 0 aromatic heterocycles. The third kappa shape index (κ3) is 2.98. The zero-order chi connectivity index (χ0) is 11.4. The summed E-state index contributed by atoms with van der Waals surface area (Å²) in [5.74, 6) is 1.77. The minimum atomic E-state index is 0.879. The molecule has 0 saturated carbocycles. The summed E-state index contributed by atoms with van der Waals surface area (Å²) in [6, 6.07) is 16.3. The normalized spacial score (nSPS) is 10.1. The molecule has 0 aliphatic rings. The van der Waals surface area contributed by atoms with E-state index in [0.29, 0.717) is 0 Å². The van der Waals surface area contributed by atoms with Crippen molar-refractivity contribution in [1.82, 2.24) is 0 Å². The smallest absolute Gasteiger partial charge is 0.127 e. The molecule has 0 saturated heterocycles. The Labute approximate surface area is 110 Å². The molecular weight excluding hydrogens is 311 g/mol. The van der Waals surface area contributed by atoms with Gasteiger partial charge >= 0.3 is 0 Å². The van der Waals surface area contributed by atoms with Crippen LogP contribution in [0.2, 0.25) is 0 Å². The van der Waals surface area contributed by atoms with Gasteiger partial charge in [0.2, 0.25) is 0 Å². The number of rotatable bonds is 3. The first kappa shape index (κ1) is 11.5. The molecule has 2 aromatic carbocycles. The molecule has 82 valence electrons. The van der Waals surface area contributed by atoms with Gasteiger partial charge in [-0.1, -0.05) is 19.1 Å². The molecule has 0 amide bonds. The van der Waals surface area contributed by atoms with E-state index in [4.69, 9.17) is 4.74 Å². The minimum absolute atomic E-state index is 0.879. The van der Waals surface area contributed by atoms with Crippen LogP contribution in [-0.2, 0) is 6.42 Å². The Bertz CT molecular complexity index is 445. The fourth-order valence-electron chi connectivity index (χ4n) is 1.43. The van der Waals surface area contributed by atoms with Crippen LogP contribution in [-0.4, -0.2) is 0 Å². The Kier molecular flexibility index (Phi) is 3.83. The van der Waals surface area contributed by atoms with Crippen molar-refractivity contribution in [3.8, 4) is 11.5 Å². The number of hydrogen-bond donors (Lipinski definition) is 0. The van der Waals surface area contributed by atoms with Crippen molar-refractivity contribution >= 4 is 22.6 Å². The van der Waals surface area contributed by atoms with Crippen molar-refractivity contribution in [2.75, 3.05) is 0 Å². The van der Waals surface area contributed by atoms with Gasteiger partial charge in [-0.25, -0.2) is 0 Å². The predicted octanol–water partition coefficient (Wildman–Crippen LogP) is 4.65. The van der Waals surface area contributed by atoms with Crippen LogP contribution in [0.15, 0.2) is 48.5 Å². The minimum Gasteiger partial charge on any atom is -0.457 e. The average Bonchev–Trinajstić information content (AvgIpc) is 2.33. The molecule has 0 bridgehead atoms. The maximum atomic E-state index is 5.73. The zero-order valence-corrected chi connectivity index (χ0v) is 11.3. The van der Waals surface area contributed by atoms with E-state index in [2.05, 4.69) is 41.6 Å². The van der Waals surface area contributed by atoms with E-state index in [1.807, 2.05) is 36.4 Å². The Morgan fingerprint density at radius 2 is 1.38 bits per heavy atom. The van der Waals surface area contributed by atoms with Gasteiger partial charge in [0.15, 0.2) is 0 Å². The first-order valence-corrected chi connectivity index (χ1v) is 6.38. The molecule has 2 rings (SSSR count). The molecule has 0 heterocycles. The topological polar surface area (TPSA) is 9.23 Å². The van der Waals surface area contributed by atoms with Crippen LogP contribution in [0.1, 0.15) is 12.5 Å². The summed E-state index contributed by atoms with van der Waals surface area (Å²) in [5.41, 5.74) is 1.33. The molecule has 0 spiro atoms. The quantitative estimate of drug-likeness (QED) is 0.747. The van der Waals surface area contributed by atoms with Crippen molar-refractivity contribution in [2.24, 2.45) is 0 Å². The third-order valence-corrected chi connectivity index (χ3v) is 3.10. The second kappa shape index (κ2) is 5.34. The molecule has 1 nitrogen and oxygen atoms in total. The summed E-state index contributed by atoms with van der Waals surface area (Å²) in [5, 5.41) is 0. The van der Waals surface area contributed by atoms with Crippen molar-refractivity contribution in [2.45, 2.75) is 13.3 Å². The van der Waals surface area contributed by atoms with E-state index in [1.54, 1.807) is 0 Å². The molecule has 0 N–H and O–H groups in total. The largest absolute Gasteiger partial charge is 0.457 e. The molecule has 0 aliphatic heterocycles. The van der Waals surface area contributed by atoms with Crippen LogP contribution in [0.3, 0.4) is 0 Å². The molecule has 2 aromatic rings. The molecule has 0 atom stereocenters. The molecule has 16 heavy (non-hydrogen) atoms. The molecular formula is C14H13IO. The van der Waals surface area contributed by atoms with E-state index >= 15 is 0 Å². The predicted molar refractivity (Wildman–Crippen MR) is 75.1 cm³/mol. The first-order chi connectivity index (χ1) is 7.78. The van der Waals surface area contributed by atoms with E-state index < -0.39 is 0 Å². The summed E-state index contributed by atoms with van der Waals surface area (Å²) >= 11 is 2.28. The standard InChI is InChI=1S/C14H13IO/c1-2-11-3-7-13(8-4-11)16-14-9-5-12(15)6-10-14/h3-10H,2H2,1H3. The van der Waals surface area contributed by atoms with Crippen LogP contribution in [0.5, 0.6) is 11.5 Å². The van der Waals surface area contributed by atoms with Crippen molar-refractivity contribution < 1.29 is 4.74 Å². The van der Waals surface area contributed by atoms with Gasteiger partial charge in [-0.3, -0.25) is 0 Å². The number of halogens is 1. The second-order valence-corrected chi connectivity index (χ2v) is 4.80. The highest BCUT2D eigenvalue weighted by molar-refractivity contribution is 14.1. The third-order valence-electron chi connectivity index (χ3n) is 2.38.